The van der Waals surface area contributed by atoms with E-state index < -0.39 is 11.9 Å². The molecule has 0 amide bonds. The van der Waals surface area contributed by atoms with Crippen molar-refractivity contribution in [3.05, 3.63) is 72.6 Å². The molecule has 1 N–H and O–H groups in total. The third kappa shape index (κ3) is 4.40. The summed E-state index contributed by atoms with van der Waals surface area (Å²) in [5.74, 6) is -0.497. The average Bonchev–Trinajstić information content (AvgIpc) is 3.25. The molecule has 144 valence electrons. The monoisotopic (exact) mass is 378 g/mol. The van der Waals surface area contributed by atoms with Gasteiger partial charge in [-0.15, -0.1) is 0 Å². The Morgan fingerprint density at radius 1 is 1.07 bits per heavy atom. The number of aliphatic carboxylic acids is 1. The van der Waals surface area contributed by atoms with Crippen LogP contribution in [-0.2, 0) is 11.2 Å². The van der Waals surface area contributed by atoms with Crippen molar-refractivity contribution in [3.8, 4) is 17.2 Å². The number of rotatable bonds is 8. The minimum absolute atomic E-state index is 0.268. The Morgan fingerprint density at radius 2 is 1.68 bits per heavy atom. The zero-order valence-corrected chi connectivity index (χ0v) is 15.8. The summed E-state index contributed by atoms with van der Waals surface area (Å²) in [4.78, 5) is 16.0. The van der Waals surface area contributed by atoms with E-state index in [1.807, 2.05) is 71.6 Å². The quantitative estimate of drug-likeness (QED) is 0.598. The van der Waals surface area contributed by atoms with Crippen LogP contribution in [0.4, 0.5) is 5.69 Å². The Labute approximate surface area is 163 Å². The molecule has 0 aliphatic rings. The molecule has 0 saturated heterocycles. The molecule has 6 heteroatoms. The van der Waals surface area contributed by atoms with Gasteiger partial charge in [-0.3, -0.25) is 9.79 Å². The van der Waals surface area contributed by atoms with Crippen LogP contribution < -0.4 is 9.47 Å². The maximum absolute atomic E-state index is 11.7. The van der Waals surface area contributed by atoms with Crippen molar-refractivity contribution in [1.82, 2.24) is 4.57 Å². The van der Waals surface area contributed by atoms with Crippen molar-refractivity contribution < 1.29 is 19.4 Å². The first-order chi connectivity index (χ1) is 13.6. The molecule has 0 spiro atoms. The summed E-state index contributed by atoms with van der Waals surface area (Å²) in [5, 5.41) is 9.61. The number of hydrogen-bond donors (Lipinski definition) is 1. The molecule has 1 heterocycles. The number of benzene rings is 2. The first kappa shape index (κ1) is 19.2. The number of carboxylic acid groups (broad SMARTS) is 1. The van der Waals surface area contributed by atoms with Crippen molar-refractivity contribution in [2.75, 3.05) is 14.2 Å². The van der Waals surface area contributed by atoms with Crippen LogP contribution in [0.5, 0.6) is 11.5 Å². The maximum atomic E-state index is 11.7. The number of hydrogen-bond acceptors (Lipinski definition) is 4. The Bertz CT molecular complexity index is 925. The molecular weight excluding hydrogens is 356 g/mol. The zero-order chi connectivity index (χ0) is 19.9. The number of methoxy groups -OCH3 is 2. The van der Waals surface area contributed by atoms with E-state index >= 15 is 0 Å². The number of aliphatic imine (C=N–C) groups is 1. The second-order valence-corrected chi connectivity index (χ2v) is 6.20. The summed E-state index contributed by atoms with van der Waals surface area (Å²) < 4.78 is 13.0. The highest BCUT2D eigenvalue weighted by atomic mass is 16.5. The molecule has 0 aliphatic heterocycles. The molecular formula is C22H22N2O4. The molecule has 1 aromatic heterocycles. The fraction of sp³-hybridized carbons (Fsp3) is 0.182. The molecule has 0 saturated carbocycles. The van der Waals surface area contributed by atoms with Crippen molar-refractivity contribution in [1.29, 1.82) is 0 Å². The lowest BCUT2D eigenvalue weighted by atomic mass is 9.99. The number of nitrogens with zero attached hydrogens (tertiary/aromatic N) is 2. The number of carbonyl (C=O) groups is 1. The Balaban J connectivity index is 1.91. The second kappa shape index (κ2) is 8.90. The van der Waals surface area contributed by atoms with Gasteiger partial charge in [-0.25, -0.2) is 0 Å². The fourth-order valence-electron chi connectivity index (χ4n) is 2.95. The molecule has 0 bridgehead atoms. The molecule has 0 radical (unpaired) electrons. The summed E-state index contributed by atoms with van der Waals surface area (Å²) in [6, 6.07) is 16.8. The highest BCUT2D eigenvalue weighted by Gasteiger charge is 2.20. The average molecular weight is 378 g/mol. The molecule has 6 nitrogen and oxygen atoms in total. The number of carboxylic acids is 1. The van der Waals surface area contributed by atoms with Crippen LogP contribution in [0.15, 0.2) is 72.0 Å². The molecule has 2 aromatic carbocycles. The summed E-state index contributed by atoms with van der Waals surface area (Å²) in [5.41, 5.74) is 2.27. The Kier molecular flexibility index (Phi) is 6.11. The van der Waals surface area contributed by atoms with E-state index in [1.165, 1.54) is 6.21 Å². The van der Waals surface area contributed by atoms with Gasteiger partial charge in [0.2, 0.25) is 0 Å². The van der Waals surface area contributed by atoms with Gasteiger partial charge in [0.15, 0.2) is 0 Å². The normalized spacial score (nSPS) is 12.1. The zero-order valence-electron chi connectivity index (χ0n) is 15.8. The summed E-state index contributed by atoms with van der Waals surface area (Å²) >= 11 is 0. The summed E-state index contributed by atoms with van der Waals surface area (Å²) in [7, 11) is 3.16. The van der Waals surface area contributed by atoms with Gasteiger partial charge < -0.3 is 19.1 Å². The van der Waals surface area contributed by atoms with Gasteiger partial charge in [0.25, 0.3) is 0 Å². The third-order valence-electron chi connectivity index (χ3n) is 4.33. The fourth-order valence-corrected chi connectivity index (χ4v) is 2.95. The van der Waals surface area contributed by atoms with Crippen LogP contribution >= 0.6 is 0 Å². The lowest BCUT2D eigenvalue weighted by Gasteiger charge is -2.17. The molecule has 1 unspecified atom stereocenters. The lowest BCUT2D eigenvalue weighted by molar-refractivity contribution is -0.139. The van der Waals surface area contributed by atoms with Crippen molar-refractivity contribution >= 4 is 17.9 Å². The smallest absolute Gasteiger partial charge is 0.312 e. The van der Waals surface area contributed by atoms with Gasteiger partial charge in [0, 0.05) is 18.6 Å². The van der Waals surface area contributed by atoms with Crippen LogP contribution in [0.25, 0.3) is 5.69 Å². The summed E-state index contributed by atoms with van der Waals surface area (Å²) in [6.45, 7) is 0. The van der Waals surface area contributed by atoms with Crippen LogP contribution in [0, 0.1) is 5.92 Å². The van der Waals surface area contributed by atoms with Crippen LogP contribution in [0.3, 0.4) is 0 Å². The topological polar surface area (TPSA) is 73.1 Å². The lowest BCUT2D eigenvalue weighted by Crippen LogP contribution is -2.18. The van der Waals surface area contributed by atoms with E-state index in [0.717, 1.165) is 11.3 Å². The van der Waals surface area contributed by atoms with E-state index in [2.05, 4.69) is 4.99 Å². The number of para-hydroxylation sites is 1. The van der Waals surface area contributed by atoms with E-state index in [9.17, 15) is 9.90 Å². The minimum Gasteiger partial charge on any atom is -0.494 e. The predicted molar refractivity (Wildman–Crippen MR) is 108 cm³/mol. The molecule has 1 atom stereocenters. The first-order valence-electron chi connectivity index (χ1n) is 8.82. The number of ether oxygens (including phenoxy) is 2. The van der Waals surface area contributed by atoms with Gasteiger partial charge in [0.1, 0.15) is 17.2 Å². The standard InChI is InChI=1S/C22H22N2O4/c1-27-19-13-16(14-20(28-2)21(19)24-10-6-7-11-24)12-17(22(25)26)15-23-18-8-4-3-5-9-18/h3-11,13-15,17H,12H2,1-2H3,(H,25,26). The molecule has 0 fully saturated rings. The predicted octanol–water partition coefficient (Wildman–Crippen LogP) is 4.14. The van der Waals surface area contributed by atoms with Crippen LogP contribution in [0.1, 0.15) is 5.56 Å². The number of aromatic nitrogens is 1. The second-order valence-electron chi connectivity index (χ2n) is 6.20. The van der Waals surface area contributed by atoms with E-state index in [1.54, 1.807) is 14.2 Å². The van der Waals surface area contributed by atoms with Gasteiger partial charge in [-0.2, -0.15) is 0 Å². The van der Waals surface area contributed by atoms with Gasteiger partial charge >= 0.3 is 5.97 Å². The van der Waals surface area contributed by atoms with E-state index in [0.29, 0.717) is 17.2 Å². The van der Waals surface area contributed by atoms with Crippen molar-refractivity contribution in [3.63, 3.8) is 0 Å². The van der Waals surface area contributed by atoms with Gasteiger partial charge in [-0.05, 0) is 48.4 Å². The van der Waals surface area contributed by atoms with Crippen molar-refractivity contribution in [2.24, 2.45) is 10.9 Å². The molecule has 3 rings (SSSR count). The summed E-state index contributed by atoms with van der Waals surface area (Å²) in [6.07, 6.45) is 5.53. The Morgan fingerprint density at radius 3 is 2.21 bits per heavy atom. The Hall–Kier alpha value is -3.54. The maximum Gasteiger partial charge on any atom is 0.312 e. The van der Waals surface area contributed by atoms with Crippen molar-refractivity contribution in [2.45, 2.75) is 6.42 Å². The SMILES string of the molecule is COc1cc(CC(C=Nc2ccccc2)C(=O)O)cc(OC)c1-n1cccc1. The first-order valence-corrected chi connectivity index (χ1v) is 8.82. The largest absolute Gasteiger partial charge is 0.494 e. The van der Waals surface area contributed by atoms with Gasteiger partial charge in [-0.1, -0.05) is 18.2 Å². The highest BCUT2D eigenvalue weighted by Crippen LogP contribution is 2.35. The molecule has 28 heavy (non-hydrogen) atoms. The van der Waals surface area contributed by atoms with E-state index in [-0.39, 0.29) is 6.42 Å². The van der Waals surface area contributed by atoms with E-state index in [4.69, 9.17) is 9.47 Å². The highest BCUT2D eigenvalue weighted by molar-refractivity contribution is 5.90. The third-order valence-corrected chi connectivity index (χ3v) is 4.33. The van der Waals surface area contributed by atoms with Crippen LogP contribution in [0.2, 0.25) is 0 Å². The van der Waals surface area contributed by atoms with Crippen LogP contribution in [-0.4, -0.2) is 36.1 Å². The molecule has 3 aromatic rings. The minimum atomic E-state index is -0.938. The van der Waals surface area contributed by atoms with Gasteiger partial charge in [0.05, 0.1) is 25.8 Å². The molecule has 0 aliphatic carbocycles.